The Labute approximate surface area is 234 Å². The van der Waals surface area contributed by atoms with Crippen molar-refractivity contribution in [1.82, 2.24) is 10.6 Å². The monoisotopic (exact) mass is 548 g/mol. The number of esters is 1. The summed E-state index contributed by atoms with van der Waals surface area (Å²) in [7, 11) is 0. The van der Waals surface area contributed by atoms with Crippen molar-refractivity contribution >= 4 is 17.8 Å². The Morgan fingerprint density at radius 2 is 1.85 bits per heavy atom. The highest BCUT2D eigenvalue weighted by molar-refractivity contribution is 5.76. The molecule has 0 aromatic heterocycles. The maximum absolute atomic E-state index is 13.0. The maximum Gasteiger partial charge on any atom is 0.311 e. The Hall–Kier alpha value is -2.39. The highest BCUT2D eigenvalue weighted by Gasteiger charge is 2.42. The van der Waals surface area contributed by atoms with Crippen molar-refractivity contribution < 1.29 is 24.5 Å². The zero-order chi connectivity index (χ0) is 29.2. The quantitative estimate of drug-likeness (QED) is 0.0792. The summed E-state index contributed by atoms with van der Waals surface area (Å²) in [6.07, 6.45) is 9.17. The van der Waals surface area contributed by atoms with Crippen LogP contribution in [0.3, 0.4) is 0 Å². The van der Waals surface area contributed by atoms with Crippen LogP contribution >= 0.6 is 0 Å². The van der Waals surface area contributed by atoms with Crippen LogP contribution in [0.1, 0.15) is 86.0 Å². The number of rotatable bonds is 15. The topological polar surface area (TPSA) is 158 Å². The fourth-order valence-corrected chi connectivity index (χ4v) is 5.55. The lowest BCUT2D eigenvalue weighted by Gasteiger charge is -2.44. The van der Waals surface area contributed by atoms with E-state index in [0.717, 1.165) is 25.7 Å². The van der Waals surface area contributed by atoms with E-state index in [0.29, 0.717) is 31.8 Å². The van der Waals surface area contributed by atoms with Crippen LogP contribution in [0.2, 0.25) is 0 Å². The summed E-state index contributed by atoms with van der Waals surface area (Å²) in [4.78, 5) is 25.1. The molecule has 0 aromatic rings. The Bertz CT molecular complexity index is 887. The number of aliphatic hydroxyl groups excluding tert-OH is 2. The van der Waals surface area contributed by atoms with Crippen LogP contribution in [0.25, 0.3) is 0 Å². The van der Waals surface area contributed by atoms with E-state index < -0.39 is 17.6 Å². The smallest absolute Gasteiger partial charge is 0.311 e. The predicted octanol–water partition coefficient (Wildman–Crippen LogP) is 3.40. The van der Waals surface area contributed by atoms with E-state index in [9.17, 15) is 19.8 Å². The largest absolute Gasteiger partial charge is 0.461 e. The molecule has 7 atom stereocenters. The van der Waals surface area contributed by atoms with E-state index in [-0.39, 0.29) is 54.5 Å². The number of carbonyl (C=O) groups is 2. The molecule has 0 spiro atoms. The molecule has 9 heteroatoms. The van der Waals surface area contributed by atoms with Gasteiger partial charge in [-0.05, 0) is 82.1 Å². The summed E-state index contributed by atoms with van der Waals surface area (Å²) in [6.45, 7) is 11.2. The van der Waals surface area contributed by atoms with E-state index in [1.807, 2.05) is 20.8 Å². The van der Waals surface area contributed by atoms with E-state index in [4.69, 9.17) is 15.9 Å². The van der Waals surface area contributed by atoms with Gasteiger partial charge in [0.1, 0.15) is 6.10 Å². The number of hydrogen-bond acceptors (Lipinski definition) is 6. The second-order valence-corrected chi connectivity index (χ2v) is 12.2. The van der Waals surface area contributed by atoms with Crippen molar-refractivity contribution in [2.24, 2.45) is 34.8 Å². The Kier molecular flexibility index (Phi) is 13.0. The first-order valence-electron chi connectivity index (χ1n) is 14.7. The van der Waals surface area contributed by atoms with Gasteiger partial charge < -0.3 is 31.3 Å². The van der Waals surface area contributed by atoms with Crippen molar-refractivity contribution in [2.45, 2.75) is 104 Å². The van der Waals surface area contributed by atoms with E-state index in [1.54, 1.807) is 0 Å². The molecule has 222 valence electrons. The minimum atomic E-state index is -0.918. The summed E-state index contributed by atoms with van der Waals surface area (Å²) in [5.74, 6) is 0.426. The van der Waals surface area contributed by atoms with Gasteiger partial charge in [0.2, 0.25) is 5.91 Å². The average molecular weight is 549 g/mol. The lowest BCUT2D eigenvalue weighted by molar-refractivity contribution is -0.164. The van der Waals surface area contributed by atoms with Crippen molar-refractivity contribution in [3.63, 3.8) is 0 Å². The van der Waals surface area contributed by atoms with Crippen LogP contribution in [-0.2, 0) is 14.3 Å². The Balaban J connectivity index is 1.88. The molecule has 0 bridgehead atoms. The highest BCUT2D eigenvalue weighted by Crippen LogP contribution is 2.45. The molecule has 0 saturated carbocycles. The van der Waals surface area contributed by atoms with Crippen molar-refractivity contribution in [3.8, 4) is 0 Å². The second kappa shape index (κ2) is 15.4. The first-order chi connectivity index (χ1) is 18.3. The highest BCUT2D eigenvalue weighted by atomic mass is 16.5. The van der Waals surface area contributed by atoms with Gasteiger partial charge in [0.15, 0.2) is 5.96 Å². The lowest BCUT2D eigenvalue weighted by Crippen LogP contribution is -2.43. The number of carbonyl (C=O) groups excluding carboxylic acids is 2. The number of amides is 1. The summed E-state index contributed by atoms with van der Waals surface area (Å²) in [5, 5.41) is 33.7. The van der Waals surface area contributed by atoms with Crippen LogP contribution in [0.5, 0.6) is 0 Å². The standard InChI is InChI=1S/C30H52N4O5/c1-6-30(4,5)28(38)39-25-16-19(2)15-21-10-9-20(3)24(27(21)25)12-11-22(35)17-23(36)18-26(37)33-13-7-8-14-34-29(31)32/h9-10,15,19-20,22-25,27,35-36H,6-8,11-14,16-18H2,1-5H3,(H,33,37)(H4,31,32,34)/t19-,20-,22+,23+,24+,25-,27-/m0/s1. The van der Waals surface area contributed by atoms with Gasteiger partial charge in [-0.3, -0.25) is 15.0 Å². The van der Waals surface area contributed by atoms with Crippen LogP contribution in [0.15, 0.2) is 23.8 Å². The first kappa shape index (κ1) is 32.8. The molecular formula is C30H52N4O5. The van der Waals surface area contributed by atoms with Gasteiger partial charge in [-0.2, -0.15) is 0 Å². The van der Waals surface area contributed by atoms with Crippen LogP contribution in [-0.4, -0.2) is 59.5 Å². The molecule has 2 aliphatic carbocycles. The summed E-state index contributed by atoms with van der Waals surface area (Å²) < 4.78 is 6.17. The molecule has 0 fully saturated rings. The summed E-state index contributed by atoms with van der Waals surface area (Å²) in [5.41, 5.74) is 5.92. The Morgan fingerprint density at radius 1 is 1.18 bits per heavy atom. The van der Waals surface area contributed by atoms with E-state index in [2.05, 4.69) is 42.7 Å². The molecule has 0 saturated heterocycles. The average Bonchev–Trinajstić information content (AvgIpc) is 2.85. The third-order valence-electron chi connectivity index (χ3n) is 8.33. The minimum Gasteiger partial charge on any atom is -0.461 e. The number of aliphatic hydroxyl groups is 2. The number of guanidine groups is 1. The zero-order valence-corrected chi connectivity index (χ0v) is 24.5. The maximum atomic E-state index is 13.0. The summed E-state index contributed by atoms with van der Waals surface area (Å²) in [6, 6.07) is 0. The van der Waals surface area contributed by atoms with E-state index >= 15 is 0 Å². The number of unbranched alkanes of at least 4 members (excludes halogenated alkanes) is 1. The molecule has 0 aromatic carbocycles. The van der Waals surface area contributed by atoms with Crippen molar-refractivity contribution in [2.75, 3.05) is 13.1 Å². The molecule has 2 aliphatic rings. The van der Waals surface area contributed by atoms with Gasteiger partial charge in [-0.15, -0.1) is 0 Å². The number of hydrogen-bond donors (Lipinski definition) is 6. The zero-order valence-electron chi connectivity index (χ0n) is 24.5. The van der Waals surface area contributed by atoms with Crippen molar-refractivity contribution in [1.29, 1.82) is 5.41 Å². The normalized spacial score (nSPS) is 26.1. The molecule has 0 unspecified atom stereocenters. The SMILES string of the molecule is CCC(C)(C)C(=O)O[C@H]1C[C@@H](C)C=C2C=C[C@H](C)[C@@H](CC[C@@H](O)C[C@@H](O)CC(=O)NCCCCNC(=N)N)[C@H]21. The number of allylic oxidation sites excluding steroid dienone is 3. The number of ether oxygens (including phenoxy) is 1. The van der Waals surface area contributed by atoms with Crippen LogP contribution in [0.4, 0.5) is 0 Å². The molecule has 39 heavy (non-hydrogen) atoms. The van der Waals surface area contributed by atoms with Gasteiger partial charge in [0.05, 0.1) is 24.0 Å². The fourth-order valence-electron chi connectivity index (χ4n) is 5.55. The van der Waals surface area contributed by atoms with E-state index in [1.165, 1.54) is 5.57 Å². The summed E-state index contributed by atoms with van der Waals surface area (Å²) >= 11 is 0. The minimum absolute atomic E-state index is 0.0516. The van der Waals surface area contributed by atoms with Gasteiger partial charge in [-0.1, -0.05) is 39.0 Å². The molecule has 9 nitrogen and oxygen atoms in total. The number of fused-ring (bicyclic) bond motifs is 1. The van der Waals surface area contributed by atoms with Crippen LogP contribution < -0.4 is 16.4 Å². The fraction of sp³-hybridized carbons (Fsp3) is 0.767. The predicted molar refractivity (Wildman–Crippen MR) is 154 cm³/mol. The van der Waals surface area contributed by atoms with Gasteiger partial charge >= 0.3 is 5.97 Å². The molecule has 1 amide bonds. The molecule has 7 N–H and O–H groups in total. The van der Waals surface area contributed by atoms with Gasteiger partial charge in [0, 0.05) is 19.0 Å². The van der Waals surface area contributed by atoms with Gasteiger partial charge in [-0.25, -0.2) is 0 Å². The molecule has 0 aliphatic heterocycles. The first-order valence-corrected chi connectivity index (χ1v) is 14.7. The van der Waals surface area contributed by atoms with Crippen LogP contribution in [0, 0.1) is 34.5 Å². The number of nitrogens with one attached hydrogen (secondary N) is 3. The third-order valence-corrected chi connectivity index (χ3v) is 8.33. The van der Waals surface area contributed by atoms with Crippen molar-refractivity contribution in [3.05, 3.63) is 23.8 Å². The van der Waals surface area contributed by atoms with Gasteiger partial charge in [0.25, 0.3) is 0 Å². The molecular weight excluding hydrogens is 496 g/mol. The molecule has 0 heterocycles. The Morgan fingerprint density at radius 3 is 2.49 bits per heavy atom. The molecule has 2 rings (SSSR count). The third kappa shape index (κ3) is 10.6. The molecule has 0 radical (unpaired) electrons. The second-order valence-electron chi connectivity index (χ2n) is 12.2. The lowest BCUT2D eigenvalue weighted by atomic mass is 9.65. The number of nitrogens with two attached hydrogens (primary N) is 1.